The fourth-order valence-corrected chi connectivity index (χ4v) is 2.52. The number of alkyl halides is 3. The summed E-state index contributed by atoms with van der Waals surface area (Å²) < 4.78 is 43.4. The lowest BCUT2D eigenvalue weighted by atomic mass is 10.1. The standard InChI is InChI=1S/C18H15F3N2O2/c1-10-7-13(25-2)4-6-14(10)23-17(24)16-9-11-8-12(18(19,20)21)3-5-15(11)22-16/h3-9,22H,1-2H3,(H,23,24). The van der Waals surface area contributed by atoms with Crippen LogP contribution < -0.4 is 10.1 Å². The predicted molar refractivity (Wildman–Crippen MR) is 89.0 cm³/mol. The van der Waals surface area contributed by atoms with Gasteiger partial charge in [-0.05, 0) is 55.0 Å². The number of amides is 1. The second-order valence-corrected chi connectivity index (χ2v) is 5.62. The zero-order valence-electron chi connectivity index (χ0n) is 13.5. The van der Waals surface area contributed by atoms with Crippen molar-refractivity contribution in [2.75, 3.05) is 12.4 Å². The van der Waals surface area contributed by atoms with Gasteiger partial charge >= 0.3 is 6.18 Å². The first-order valence-electron chi connectivity index (χ1n) is 7.44. The lowest BCUT2D eigenvalue weighted by molar-refractivity contribution is -0.137. The molecular weight excluding hydrogens is 333 g/mol. The fourth-order valence-electron chi connectivity index (χ4n) is 2.52. The Bertz CT molecular complexity index is 945. The number of aromatic nitrogens is 1. The van der Waals surface area contributed by atoms with E-state index < -0.39 is 17.6 Å². The van der Waals surface area contributed by atoms with Crippen LogP contribution in [0.25, 0.3) is 10.9 Å². The molecule has 0 aliphatic rings. The number of benzene rings is 2. The Morgan fingerprint density at radius 2 is 1.88 bits per heavy atom. The quantitative estimate of drug-likeness (QED) is 0.717. The number of carbonyl (C=O) groups excluding carboxylic acids is 1. The molecule has 0 saturated heterocycles. The largest absolute Gasteiger partial charge is 0.497 e. The van der Waals surface area contributed by atoms with Gasteiger partial charge < -0.3 is 15.0 Å². The van der Waals surface area contributed by atoms with Crippen LogP contribution in [0.3, 0.4) is 0 Å². The van der Waals surface area contributed by atoms with Gasteiger partial charge in [0.2, 0.25) is 0 Å². The molecule has 7 heteroatoms. The van der Waals surface area contributed by atoms with E-state index in [4.69, 9.17) is 4.74 Å². The molecule has 1 amide bonds. The number of hydrogen-bond donors (Lipinski definition) is 2. The number of halogens is 3. The minimum Gasteiger partial charge on any atom is -0.497 e. The first kappa shape index (κ1) is 16.9. The van der Waals surface area contributed by atoms with Crippen molar-refractivity contribution >= 4 is 22.5 Å². The van der Waals surface area contributed by atoms with Crippen LogP contribution in [-0.4, -0.2) is 18.0 Å². The monoisotopic (exact) mass is 348 g/mol. The third kappa shape index (κ3) is 3.45. The normalized spacial score (nSPS) is 11.6. The summed E-state index contributed by atoms with van der Waals surface area (Å²) in [5.74, 6) is 0.235. The molecule has 1 heterocycles. The van der Waals surface area contributed by atoms with Crippen molar-refractivity contribution < 1.29 is 22.7 Å². The van der Waals surface area contributed by atoms with Crippen molar-refractivity contribution in [3.63, 3.8) is 0 Å². The van der Waals surface area contributed by atoms with Crippen LogP contribution in [0.1, 0.15) is 21.6 Å². The summed E-state index contributed by atoms with van der Waals surface area (Å²) in [7, 11) is 1.55. The fraction of sp³-hybridized carbons (Fsp3) is 0.167. The van der Waals surface area contributed by atoms with Crippen molar-refractivity contribution in [2.45, 2.75) is 13.1 Å². The SMILES string of the molecule is COc1ccc(NC(=O)c2cc3cc(C(F)(F)F)ccc3[nH]2)c(C)c1. The summed E-state index contributed by atoms with van der Waals surface area (Å²) in [6.07, 6.45) is -4.42. The lowest BCUT2D eigenvalue weighted by Gasteiger charge is -2.09. The molecule has 0 radical (unpaired) electrons. The lowest BCUT2D eigenvalue weighted by Crippen LogP contribution is -2.13. The van der Waals surface area contributed by atoms with Crippen LogP contribution in [0.5, 0.6) is 5.75 Å². The van der Waals surface area contributed by atoms with Crippen molar-refractivity contribution in [1.82, 2.24) is 4.98 Å². The number of aryl methyl sites for hydroxylation is 1. The van der Waals surface area contributed by atoms with E-state index in [1.165, 1.54) is 12.1 Å². The molecule has 0 saturated carbocycles. The minimum atomic E-state index is -4.42. The number of H-pyrrole nitrogens is 1. The molecule has 0 fully saturated rings. The summed E-state index contributed by atoms with van der Waals surface area (Å²) >= 11 is 0. The number of anilines is 1. The Kier molecular flexibility index (Phi) is 4.16. The van der Waals surface area contributed by atoms with Crippen LogP contribution in [0.15, 0.2) is 42.5 Å². The van der Waals surface area contributed by atoms with E-state index in [1.807, 2.05) is 6.92 Å². The molecule has 0 bridgehead atoms. The molecule has 0 unspecified atom stereocenters. The van der Waals surface area contributed by atoms with Crippen molar-refractivity contribution in [2.24, 2.45) is 0 Å². The molecule has 3 aromatic rings. The summed E-state index contributed by atoms with van der Waals surface area (Å²) in [6, 6.07) is 9.90. The van der Waals surface area contributed by atoms with Gasteiger partial charge in [-0.3, -0.25) is 4.79 Å². The first-order valence-corrected chi connectivity index (χ1v) is 7.44. The van der Waals surface area contributed by atoms with E-state index >= 15 is 0 Å². The van der Waals surface area contributed by atoms with Gasteiger partial charge in [-0.2, -0.15) is 13.2 Å². The summed E-state index contributed by atoms with van der Waals surface area (Å²) in [5, 5.41) is 3.06. The Hall–Kier alpha value is -2.96. The van der Waals surface area contributed by atoms with Gasteiger partial charge in [0.15, 0.2) is 0 Å². The van der Waals surface area contributed by atoms with Crippen molar-refractivity contribution in [1.29, 1.82) is 0 Å². The Balaban J connectivity index is 1.87. The number of methoxy groups -OCH3 is 1. The second kappa shape index (κ2) is 6.16. The summed E-state index contributed by atoms with van der Waals surface area (Å²) in [5.41, 5.74) is 1.30. The smallest absolute Gasteiger partial charge is 0.416 e. The second-order valence-electron chi connectivity index (χ2n) is 5.62. The predicted octanol–water partition coefficient (Wildman–Crippen LogP) is 4.76. The van der Waals surface area contributed by atoms with Crippen LogP contribution in [0, 0.1) is 6.92 Å². The maximum Gasteiger partial charge on any atom is 0.416 e. The summed E-state index contributed by atoms with van der Waals surface area (Å²) in [6.45, 7) is 1.82. The van der Waals surface area contributed by atoms with Crippen LogP contribution in [0.2, 0.25) is 0 Å². The molecule has 2 N–H and O–H groups in total. The Labute approximate surface area is 141 Å². The van der Waals surface area contributed by atoms with Gasteiger partial charge in [0.05, 0.1) is 12.7 Å². The van der Waals surface area contributed by atoms with E-state index in [2.05, 4.69) is 10.3 Å². The number of rotatable bonds is 3. The van der Waals surface area contributed by atoms with Gasteiger partial charge in [0, 0.05) is 16.6 Å². The summed E-state index contributed by atoms with van der Waals surface area (Å²) in [4.78, 5) is 15.2. The molecule has 2 aromatic carbocycles. The number of nitrogens with one attached hydrogen (secondary N) is 2. The van der Waals surface area contributed by atoms with Gasteiger partial charge in [-0.25, -0.2) is 0 Å². The van der Waals surface area contributed by atoms with E-state index in [9.17, 15) is 18.0 Å². The van der Waals surface area contributed by atoms with E-state index in [0.717, 1.165) is 17.7 Å². The first-order chi connectivity index (χ1) is 11.8. The third-order valence-electron chi connectivity index (χ3n) is 3.87. The average Bonchev–Trinajstić information content (AvgIpc) is 2.99. The molecule has 3 rings (SSSR count). The molecule has 0 spiro atoms. The number of ether oxygens (including phenoxy) is 1. The molecule has 130 valence electrons. The zero-order chi connectivity index (χ0) is 18.2. The number of fused-ring (bicyclic) bond motifs is 1. The highest BCUT2D eigenvalue weighted by molar-refractivity contribution is 6.06. The number of aromatic amines is 1. The molecule has 1 aromatic heterocycles. The van der Waals surface area contributed by atoms with Crippen LogP contribution in [0.4, 0.5) is 18.9 Å². The molecule has 0 aliphatic heterocycles. The third-order valence-corrected chi connectivity index (χ3v) is 3.87. The van der Waals surface area contributed by atoms with Gasteiger partial charge in [0.1, 0.15) is 11.4 Å². The molecule has 0 atom stereocenters. The molecule has 0 aliphatic carbocycles. The molecule has 4 nitrogen and oxygen atoms in total. The highest BCUT2D eigenvalue weighted by atomic mass is 19.4. The average molecular weight is 348 g/mol. The minimum absolute atomic E-state index is 0.185. The number of hydrogen-bond acceptors (Lipinski definition) is 2. The van der Waals surface area contributed by atoms with E-state index in [-0.39, 0.29) is 5.69 Å². The van der Waals surface area contributed by atoms with Crippen LogP contribution >= 0.6 is 0 Å². The van der Waals surface area contributed by atoms with E-state index in [0.29, 0.717) is 22.3 Å². The van der Waals surface area contributed by atoms with Crippen molar-refractivity contribution in [3.05, 3.63) is 59.3 Å². The zero-order valence-corrected chi connectivity index (χ0v) is 13.5. The highest BCUT2D eigenvalue weighted by Crippen LogP contribution is 2.31. The van der Waals surface area contributed by atoms with Crippen LogP contribution in [-0.2, 0) is 6.18 Å². The van der Waals surface area contributed by atoms with Gasteiger partial charge in [-0.15, -0.1) is 0 Å². The van der Waals surface area contributed by atoms with Gasteiger partial charge in [-0.1, -0.05) is 0 Å². The Morgan fingerprint density at radius 3 is 2.52 bits per heavy atom. The van der Waals surface area contributed by atoms with Gasteiger partial charge in [0.25, 0.3) is 5.91 Å². The maximum atomic E-state index is 12.8. The number of carbonyl (C=O) groups is 1. The highest BCUT2D eigenvalue weighted by Gasteiger charge is 2.30. The molecular formula is C18H15F3N2O2. The maximum absolute atomic E-state index is 12.8. The van der Waals surface area contributed by atoms with E-state index in [1.54, 1.807) is 25.3 Å². The van der Waals surface area contributed by atoms with Crippen molar-refractivity contribution in [3.8, 4) is 5.75 Å². The Morgan fingerprint density at radius 1 is 1.12 bits per heavy atom. The topological polar surface area (TPSA) is 54.1 Å². The molecule has 25 heavy (non-hydrogen) atoms.